The molecule has 5 rings (SSSR count). The smallest absolute Gasteiger partial charge is 0.408 e. The largest absolute Gasteiger partial charge is 0.465 e. The van der Waals surface area contributed by atoms with E-state index in [4.69, 9.17) is 4.74 Å². The number of amides is 2. The zero-order chi connectivity index (χ0) is 25.8. The Kier molecular flexibility index (Phi) is 5.54. The first-order valence-electron chi connectivity index (χ1n) is 12.0. The Morgan fingerprint density at radius 1 is 1.19 bits per heavy atom. The van der Waals surface area contributed by atoms with Gasteiger partial charge in [-0.25, -0.2) is 14.0 Å². The van der Waals surface area contributed by atoms with Gasteiger partial charge in [-0.3, -0.25) is 14.3 Å². The van der Waals surface area contributed by atoms with Crippen molar-refractivity contribution in [3.8, 4) is 0 Å². The van der Waals surface area contributed by atoms with E-state index < -0.39 is 35.1 Å². The number of anilines is 1. The van der Waals surface area contributed by atoms with Crippen LogP contribution in [0.4, 0.5) is 14.9 Å². The van der Waals surface area contributed by atoms with E-state index in [1.54, 1.807) is 45.0 Å². The summed E-state index contributed by atoms with van der Waals surface area (Å²) in [5.41, 5.74) is 0.814. The molecule has 2 heterocycles. The number of hydrogen-bond acceptors (Lipinski definition) is 4. The zero-order valence-corrected chi connectivity index (χ0v) is 20.4. The number of nitrogens with one attached hydrogen (secondary N) is 1. The van der Waals surface area contributed by atoms with Crippen LogP contribution in [0.2, 0.25) is 0 Å². The lowest BCUT2D eigenvalue weighted by Gasteiger charge is -2.39. The minimum Gasteiger partial charge on any atom is -0.465 e. The minimum absolute atomic E-state index is 0.00426. The lowest BCUT2D eigenvalue weighted by Crippen LogP contribution is -2.56. The van der Waals surface area contributed by atoms with Gasteiger partial charge in [0.25, 0.3) is 0 Å². The molecule has 188 valence electrons. The van der Waals surface area contributed by atoms with Crippen LogP contribution in [0.25, 0.3) is 10.9 Å². The predicted molar refractivity (Wildman–Crippen MR) is 131 cm³/mol. The van der Waals surface area contributed by atoms with Crippen molar-refractivity contribution < 1.29 is 28.6 Å². The minimum atomic E-state index is -1.25. The van der Waals surface area contributed by atoms with Gasteiger partial charge in [0.15, 0.2) is 5.72 Å². The van der Waals surface area contributed by atoms with Gasteiger partial charge in [-0.1, -0.05) is 12.1 Å². The molecule has 2 aliphatic rings. The average molecular weight is 494 g/mol. The molecule has 1 unspecified atom stereocenters. The van der Waals surface area contributed by atoms with Gasteiger partial charge in [0.05, 0.1) is 5.52 Å². The molecular formula is C27H28FN3O5. The van der Waals surface area contributed by atoms with E-state index in [2.05, 4.69) is 5.32 Å². The second kappa shape index (κ2) is 8.36. The van der Waals surface area contributed by atoms with Gasteiger partial charge in [0.2, 0.25) is 5.91 Å². The highest BCUT2D eigenvalue weighted by atomic mass is 19.1. The number of benzene rings is 2. The van der Waals surface area contributed by atoms with Crippen LogP contribution < -0.4 is 5.32 Å². The number of hydrogen-bond donors (Lipinski definition) is 2. The Hall–Kier alpha value is -3.88. The van der Waals surface area contributed by atoms with Crippen molar-refractivity contribution in [1.82, 2.24) is 9.47 Å². The molecule has 0 radical (unpaired) electrons. The molecule has 1 spiro atoms. The fraction of sp³-hybridized carbons (Fsp3) is 0.370. The fourth-order valence-electron chi connectivity index (χ4n) is 5.26. The molecule has 2 amide bonds. The average Bonchev–Trinajstić information content (AvgIpc) is 3.27. The SMILES string of the molecule is CC(C)(C)N(C(=O)O)C(Cc1cccc(F)c1)C(=O)Nc1ccc2c(c1)cc1n2C2(CCC2)OC1=O. The fourth-order valence-corrected chi connectivity index (χ4v) is 5.26. The Morgan fingerprint density at radius 2 is 1.94 bits per heavy atom. The van der Waals surface area contributed by atoms with Crippen LogP contribution in [0.5, 0.6) is 0 Å². The zero-order valence-electron chi connectivity index (χ0n) is 20.4. The van der Waals surface area contributed by atoms with Crippen LogP contribution >= 0.6 is 0 Å². The van der Waals surface area contributed by atoms with Crippen molar-refractivity contribution >= 4 is 34.6 Å². The van der Waals surface area contributed by atoms with Crippen molar-refractivity contribution in [2.45, 2.75) is 63.8 Å². The van der Waals surface area contributed by atoms with Gasteiger partial charge in [-0.15, -0.1) is 0 Å². The standard InChI is InChI=1S/C27H28FN3O5/c1-26(2,3)31(25(34)35)21(13-16-6-4-7-18(28)12-16)23(32)29-19-8-9-20-17(14-19)15-22-24(33)36-27(30(20)22)10-5-11-27/h4,6-9,12,14-15,21H,5,10-11,13H2,1-3H3,(H,29,32)(H,34,35). The summed E-state index contributed by atoms with van der Waals surface area (Å²) in [6.07, 6.45) is 1.29. The van der Waals surface area contributed by atoms with Crippen molar-refractivity contribution in [1.29, 1.82) is 0 Å². The molecule has 2 N–H and O–H groups in total. The molecule has 1 aliphatic heterocycles. The van der Waals surface area contributed by atoms with E-state index in [1.807, 2.05) is 10.6 Å². The maximum Gasteiger partial charge on any atom is 0.408 e. The second-order valence-electron chi connectivity index (χ2n) is 10.5. The number of esters is 1. The Labute approximate surface area is 207 Å². The van der Waals surface area contributed by atoms with Crippen molar-refractivity contribution in [3.05, 3.63) is 65.6 Å². The number of rotatable bonds is 5. The molecule has 1 fully saturated rings. The summed E-state index contributed by atoms with van der Waals surface area (Å²) in [5.74, 6) is -1.34. The van der Waals surface area contributed by atoms with Crippen molar-refractivity contribution in [2.24, 2.45) is 0 Å². The maximum atomic E-state index is 13.8. The number of fused-ring (bicyclic) bond motifs is 4. The van der Waals surface area contributed by atoms with E-state index >= 15 is 0 Å². The Bertz CT molecular complexity index is 1390. The van der Waals surface area contributed by atoms with Crippen LogP contribution in [0.1, 0.15) is 56.1 Å². The third-order valence-electron chi connectivity index (χ3n) is 6.96. The van der Waals surface area contributed by atoms with Gasteiger partial charge in [0, 0.05) is 35.9 Å². The third-order valence-corrected chi connectivity index (χ3v) is 6.96. The summed E-state index contributed by atoms with van der Waals surface area (Å²) in [6.45, 7) is 5.12. The van der Waals surface area contributed by atoms with E-state index in [0.29, 0.717) is 16.9 Å². The van der Waals surface area contributed by atoms with Gasteiger partial charge < -0.3 is 15.2 Å². The molecule has 1 aliphatic carbocycles. The van der Waals surface area contributed by atoms with E-state index in [-0.39, 0.29) is 12.4 Å². The van der Waals surface area contributed by atoms with Gasteiger partial charge in [0.1, 0.15) is 17.6 Å². The first-order chi connectivity index (χ1) is 17.0. The number of nitrogens with zero attached hydrogens (tertiary/aromatic N) is 2. The van der Waals surface area contributed by atoms with Crippen molar-refractivity contribution in [3.63, 3.8) is 0 Å². The number of carbonyl (C=O) groups excluding carboxylic acids is 2. The van der Waals surface area contributed by atoms with Gasteiger partial charge in [-0.2, -0.15) is 0 Å². The first kappa shape index (κ1) is 23.8. The van der Waals surface area contributed by atoms with Crippen LogP contribution in [0.3, 0.4) is 0 Å². The number of halogens is 1. The topological polar surface area (TPSA) is 101 Å². The maximum absolute atomic E-state index is 13.8. The lowest BCUT2D eigenvalue weighted by atomic mass is 9.88. The first-order valence-corrected chi connectivity index (χ1v) is 12.0. The highest BCUT2D eigenvalue weighted by Gasteiger charge is 2.50. The summed E-state index contributed by atoms with van der Waals surface area (Å²) in [4.78, 5) is 39.2. The molecule has 2 aromatic carbocycles. The van der Waals surface area contributed by atoms with E-state index in [0.717, 1.165) is 35.1 Å². The van der Waals surface area contributed by atoms with E-state index in [9.17, 15) is 23.9 Å². The summed E-state index contributed by atoms with van der Waals surface area (Å²) in [6, 6.07) is 11.8. The van der Waals surface area contributed by atoms with Gasteiger partial charge in [-0.05, 0) is 69.2 Å². The highest BCUT2D eigenvalue weighted by molar-refractivity contribution is 6.01. The normalized spacial score (nSPS) is 16.8. The number of ether oxygens (including phenoxy) is 1. The molecule has 0 saturated heterocycles. The molecule has 0 bridgehead atoms. The van der Waals surface area contributed by atoms with Crippen LogP contribution in [-0.4, -0.2) is 44.1 Å². The number of carboxylic acid groups (broad SMARTS) is 1. The summed E-state index contributed by atoms with van der Waals surface area (Å²) in [7, 11) is 0. The Morgan fingerprint density at radius 3 is 2.56 bits per heavy atom. The predicted octanol–water partition coefficient (Wildman–Crippen LogP) is 5.12. The summed E-state index contributed by atoms with van der Waals surface area (Å²) in [5, 5.41) is 13.6. The quantitative estimate of drug-likeness (QED) is 0.481. The van der Waals surface area contributed by atoms with Crippen molar-refractivity contribution in [2.75, 3.05) is 5.32 Å². The third kappa shape index (κ3) is 3.98. The molecule has 1 saturated carbocycles. The molecule has 36 heavy (non-hydrogen) atoms. The summed E-state index contributed by atoms with van der Waals surface area (Å²) < 4.78 is 21.4. The number of carbonyl (C=O) groups is 3. The van der Waals surface area contributed by atoms with Gasteiger partial charge >= 0.3 is 12.1 Å². The molecular weight excluding hydrogens is 465 g/mol. The second-order valence-corrected chi connectivity index (χ2v) is 10.5. The highest BCUT2D eigenvalue weighted by Crippen LogP contribution is 2.48. The lowest BCUT2D eigenvalue weighted by molar-refractivity contribution is -0.122. The molecule has 9 heteroatoms. The Balaban J connectivity index is 1.46. The number of aromatic nitrogens is 1. The summed E-state index contributed by atoms with van der Waals surface area (Å²) >= 11 is 0. The monoisotopic (exact) mass is 493 g/mol. The van der Waals surface area contributed by atoms with Crippen LogP contribution in [0, 0.1) is 5.82 Å². The molecule has 3 aromatic rings. The molecule has 1 atom stereocenters. The van der Waals surface area contributed by atoms with Crippen LogP contribution in [0.15, 0.2) is 48.5 Å². The van der Waals surface area contributed by atoms with Crippen LogP contribution in [-0.2, 0) is 21.7 Å². The molecule has 1 aromatic heterocycles. The molecule has 8 nitrogen and oxygen atoms in total. The van der Waals surface area contributed by atoms with E-state index in [1.165, 1.54) is 18.2 Å².